The normalized spacial score (nSPS) is 16.1. The molecule has 1 aliphatic rings. The van der Waals surface area contributed by atoms with Gasteiger partial charge in [0, 0.05) is 12.6 Å². The molecule has 2 N–H and O–H groups in total. The second-order valence-corrected chi connectivity index (χ2v) is 5.01. The fraction of sp³-hybridized carbons (Fsp3) is 0.714. The van der Waals surface area contributed by atoms with Gasteiger partial charge in [-0.25, -0.2) is 9.97 Å². The molecule has 5 heteroatoms. The summed E-state index contributed by atoms with van der Waals surface area (Å²) in [5.41, 5.74) is 0. The minimum absolute atomic E-state index is 0.511. The van der Waals surface area contributed by atoms with Crippen LogP contribution < -0.4 is 15.4 Å². The second kappa shape index (κ2) is 7.16. The zero-order valence-electron chi connectivity index (χ0n) is 11.9. The van der Waals surface area contributed by atoms with E-state index < -0.39 is 0 Å². The third-order valence-electron chi connectivity index (χ3n) is 3.50. The van der Waals surface area contributed by atoms with Gasteiger partial charge in [-0.15, -0.1) is 0 Å². The van der Waals surface area contributed by atoms with Crippen LogP contribution in [0.3, 0.4) is 0 Å². The van der Waals surface area contributed by atoms with Crippen LogP contribution in [0.2, 0.25) is 0 Å². The Morgan fingerprint density at radius 1 is 1.21 bits per heavy atom. The molecule has 0 aliphatic heterocycles. The van der Waals surface area contributed by atoms with E-state index in [0.29, 0.717) is 6.04 Å². The Morgan fingerprint density at radius 2 is 1.95 bits per heavy atom. The van der Waals surface area contributed by atoms with Crippen LogP contribution in [0.4, 0.5) is 11.6 Å². The van der Waals surface area contributed by atoms with Gasteiger partial charge in [0.15, 0.2) is 11.6 Å². The maximum Gasteiger partial charge on any atom is 0.204 e. The zero-order chi connectivity index (χ0) is 13.5. The number of ether oxygens (including phenoxy) is 1. The molecule has 1 fully saturated rings. The molecule has 0 unspecified atom stereocenters. The largest absolute Gasteiger partial charge is 0.490 e. The van der Waals surface area contributed by atoms with Crippen molar-refractivity contribution in [3.63, 3.8) is 0 Å². The number of hydrogen-bond acceptors (Lipinski definition) is 5. The molecule has 1 aromatic heterocycles. The average Bonchev–Trinajstić information content (AvgIpc) is 2.46. The quantitative estimate of drug-likeness (QED) is 0.827. The molecule has 2 rings (SSSR count). The summed E-state index contributed by atoms with van der Waals surface area (Å²) in [4.78, 5) is 8.58. The van der Waals surface area contributed by atoms with Gasteiger partial charge in [0.05, 0.1) is 7.11 Å². The predicted octanol–water partition coefficient (Wildman–Crippen LogP) is 3.05. The Kier molecular flexibility index (Phi) is 5.24. The molecular formula is C14H24N4O. The van der Waals surface area contributed by atoms with Crippen molar-refractivity contribution in [1.29, 1.82) is 0 Å². The van der Waals surface area contributed by atoms with Gasteiger partial charge in [-0.3, -0.25) is 0 Å². The monoisotopic (exact) mass is 264 g/mol. The lowest BCUT2D eigenvalue weighted by Gasteiger charge is -2.24. The number of hydrogen-bond donors (Lipinski definition) is 2. The molecule has 0 bridgehead atoms. The molecule has 1 aliphatic carbocycles. The van der Waals surface area contributed by atoms with Crippen LogP contribution in [0, 0.1) is 0 Å². The van der Waals surface area contributed by atoms with E-state index in [4.69, 9.17) is 4.74 Å². The first-order chi connectivity index (χ1) is 9.35. The van der Waals surface area contributed by atoms with Gasteiger partial charge in [0.1, 0.15) is 6.33 Å². The first kappa shape index (κ1) is 13.9. The van der Waals surface area contributed by atoms with Crippen LogP contribution in [0.1, 0.15) is 45.4 Å². The number of nitrogens with one attached hydrogen (secondary N) is 2. The Bertz CT molecular complexity index is 391. The van der Waals surface area contributed by atoms with E-state index in [0.717, 1.165) is 30.4 Å². The Labute approximate surface area is 115 Å². The van der Waals surface area contributed by atoms with Crippen molar-refractivity contribution in [3.8, 4) is 5.75 Å². The summed E-state index contributed by atoms with van der Waals surface area (Å²) >= 11 is 0. The molecule has 0 radical (unpaired) electrons. The van der Waals surface area contributed by atoms with Crippen LogP contribution in [0.25, 0.3) is 0 Å². The van der Waals surface area contributed by atoms with Gasteiger partial charge in [-0.2, -0.15) is 0 Å². The first-order valence-electron chi connectivity index (χ1n) is 7.24. The minimum atomic E-state index is 0.511. The number of anilines is 2. The van der Waals surface area contributed by atoms with E-state index in [1.807, 2.05) is 0 Å². The average molecular weight is 264 g/mol. The van der Waals surface area contributed by atoms with E-state index >= 15 is 0 Å². The summed E-state index contributed by atoms with van der Waals surface area (Å²) in [6, 6.07) is 0.511. The van der Waals surface area contributed by atoms with Crippen molar-refractivity contribution in [2.75, 3.05) is 24.3 Å². The SMILES string of the molecule is CCCNc1ncnc(NC2CCCCC2)c1OC. The van der Waals surface area contributed by atoms with E-state index in [1.54, 1.807) is 13.4 Å². The number of methoxy groups -OCH3 is 1. The molecule has 19 heavy (non-hydrogen) atoms. The van der Waals surface area contributed by atoms with Crippen molar-refractivity contribution in [3.05, 3.63) is 6.33 Å². The standard InChI is InChI=1S/C14H24N4O/c1-3-9-15-13-12(19-2)14(17-10-16-13)18-11-7-5-4-6-8-11/h10-11H,3-9H2,1-2H3,(H2,15,16,17,18). The molecule has 0 saturated heterocycles. The van der Waals surface area contributed by atoms with Crippen LogP contribution in [0.15, 0.2) is 6.33 Å². The fourth-order valence-corrected chi connectivity index (χ4v) is 2.48. The maximum atomic E-state index is 5.47. The van der Waals surface area contributed by atoms with Crippen molar-refractivity contribution < 1.29 is 4.74 Å². The smallest absolute Gasteiger partial charge is 0.204 e. The first-order valence-corrected chi connectivity index (χ1v) is 7.24. The van der Waals surface area contributed by atoms with Crippen molar-refractivity contribution in [2.24, 2.45) is 0 Å². The highest BCUT2D eigenvalue weighted by Gasteiger charge is 2.17. The molecule has 5 nitrogen and oxygen atoms in total. The molecule has 1 aromatic rings. The molecule has 0 atom stereocenters. The van der Waals surface area contributed by atoms with Crippen molar-refractivity contribution >= 4 is 11.6 Å². The predicted molar refractivity (Wildman–Crippen MR) is 77.9 cm³/mol. The summed E-state index contributed by atoms with van der Waals surface area (Å²) < 4.78 is 5.47. The Hall–Kier alpha value is -1.52. The zero-order valence-corrected chi connectivity index (χ0v) is 11.9. The maximum absolute atomic E-state index is 5.47. The number of rotatable bonds is 6. The Balaban J connectivity index is 2.09. The second-order valence-electron chi connectivity index (χ2n) is 5.01. The molecule has 0 spiro atoms. The summed E-state index contributed by atoms with van der Waals surface area (Å²) in [6.45, 7) is 3.01. The van der Waals surface area contributed by atoms with Gasteiger partial charge >= 0.3 is 0 Å². The van der Waals surface area contributed by atoms with E-state index in [9.17, 15) is 0 Å². The summed E-state index contributed by atoms with van der Waals surface area (Å²) in [5.74, 6) is 2.31. The molecular weight excluding hydrogens is 240 g/mol. The van der Waals surface area contributed by atoms with Crippen molar-refractivity contribution in [1.82, 2.24) is 9.97 Å². The summed E-state index contributed by atoms with van der Waals surface area (Å²) in [5, 5.41) is 6.78. The Morgan fingerprint density at radius 3 is 2.63 bits per heavy atom. The van der Waals surface area contributed by atoms with Crippen LogP contribution >= 0.6 is 0 Å². The highest BCUT2D eigenvalue weighted by Crippen LogP contribution is 2.31. The summed E-state index contributed by atoms with van der Waals surface area (Å²) in [7, 11) is 1.67. The van der Waals surface area contributed by atoms with Crippen LogP contribution in [0.5, 0.6) is 5.75 Å². The summed E-state index contributed by atoms with van der Waals surface area (Å²) in [6.07, 6.45) is 9.01. The van der Waals surface area contributed by atoms with Crippen LogP contribution in [-0.4, -0.2) is 29.7 Å². The van der Waals surface area contributed by atoms with Crippen LogP contribution in [-0.2, 0) is 0 Å². The van der Waals surface area contributed by atoms with Gasteiger partial charge < -0.3 is 15.4 Å². The highest BCUT2D eigenvalue weighted by molar-refractivity contribution is 5.63. The van der Waals surface area contributed by atoms with E-state index in [2.05, 4.69) is 27.5 Å². The topological polar surface area (TPSA) is 59.1 Å². The third-order valence-corrected chi connectivity index (χ3v) is 3.50. The lowest BCUT2D eigenvalue weighted by Crippen LogP contribution is -2.23. The van der Waals surface area contributed by atoms with Gasteiger partial charge in [-0.1, -0.05) is 26.2 Å². The minimum Gasteiger partial charge on any atom is -0.490 e. The van der Waals surface area contributed by atoms with Gasteiger partial charge in [0.2, 0.25) is 5.75 Å². The third kappa shape index (κ3) is 3.72. The molecule has 0 aromatic carbocycles. The lowest BCUT2D eigenvalue weighted by atomic mass is 9.95. The molecule has 1 saturated carbocycles. The highest BCUT2D eigenvalue weighted by atomic mass is 16.5. The molecule has 0 amide bonds. The number of aromatic nitrogens is 2. The van der Waals surface area contributed by atoms with E-state index in [1.165, 1.54) is 32.1 Å². The lowest BCUT2D eigenvalue weighted by molar-refractivity contribution is 0.410. The molecule has 1 heterocycles. The van der Waals surface area contributed by atoms with Crippen molar-refractivity contribution in [2.45, 2.75) is 51.5 Å². The van der Waals surface area contributed by atoms with Gasteiger partial charge in [-0.05, 0) is 19.3 Å². The number of nitrogens with zero attached hydrogens (tertiary/aromatic N) is 2. The fourth-order valence-electron chi connectivity index (χ4n) is 2.48. The molecule has 106 valence electrons. The van der Waals surface area contributed by atoms with Gasteiger partial charge in [0.25, 0.3) is 0 Å². The van der Waals surface area contributed by atoms with E-state index in [-0.39, 0.29) is 0 Å².